The summed E-state index contributed by atoms with van der Waals surface area (Å²) in [7, 11) is -3.15. The number of unbranched alkanes of at least 4 members (excludes halogenated alkanes) is 3. The first-order valence-electron chi connectivity index (χ1n) is 13.6. The highest BCUT2D eigenvalue weighted by Gasteiger charge is 2.46. The lowest BCUT2D eigenvalue weighted by atomic mass is 10.0. The van der Waals surface area contributed by atoms with E-state index in [-0.39, 0.29) is 0 Å². The Morgan fingerprint density at radius 3 is 1.03 bits per heavy atom. The second kappa shape index (κ2) is 20.6. The molecule has 0 bridgehead atoms. The average molecular weight is 461 g/mol. The van der Waals surface area contributed by atoms with Crippen molar-refractivity contribution in [3.63, 3.8) is 0 Å². The van der Waals surface area contributed by atoms with Gasteiger partial charge in [-0.25, -0.2) is 0 Å². The topological polar surface area (TPSA) is 36.9 Å². The zero-order valence-corrected chi connectivity index (χ0v) is 23.2. The molecule has 0 saturated carbocycles. The lowest BCUT2D eigenvalue weighted by Crippen LogP contribution is -2.51. The predicted octanol–water partition coefficient (Wildman–Crippen LogP) is 8.16. The van der Waals surface area contributed by atoms with Crippen molar-refractivity contribution in [1.29, 1.82) is 0 Å². The lowest BCUT2D eigenvalue weighted by Gasteiger charge is -2.32. The summed E-state index contributed by atoms with van der Waals surface area (Å²) in [6.07, 6.45) is 14.4. The monoisotopic (exact) mass is 460 g/mol. The third-order valence-electron chi connectivity index (χ3n) is 6.44. The van der Waals surface area contributed by atoms with E-state index in [2.05, 4.69) is 41.5 Å². The molecule has 0 aliphatic heterocycles. The molecule has 0 heterocycles. The Balaban J connectivity index is 5.26. The van der Waals surface area contributed by atoms with Crippen molar-refractivity contribution in [3.8, 4) is 0 Å². The highest BCUT2D eigenvalue weighted by Crippen LogP contribution is 2.23. The Hall–Kier alpha value is 0.0569. The normalized spacial score (nSPS) is 16.7. The van der Waals surface area contributed by atoms with Crippen LogP contribution in [0.25, 0.3) is 0 Å². The van der Waals surface area contributed by atoms with Crippen LogP contribution in [-0.2, 0) is 17.7 Å². The molecule has 188 valence electrons. The van der Waals surface area contributed by atoms with Crippen LogP contribution >= 0.6 is 0 Å². The molecule has 0 fully saturated rings. The van der Waals surface area contributed by atoms with Gasteiger partial charge >= 0.3 is 9.05 Å². The van der Waals surface area contributed by atoms with Gasteiger partial charge in [-0.3, -0.25) is 0 Å². The van der Waals surface area contributed by atoms with Gasteiger partial charge in [0.05, 0.1) is 0 Å². The van der Waals surface area contributed by atoms with Crippen LogP contribution in [0, 0.1) is 17.8 Å². The second-order valence-electron chi connectivity index (χ2n) is 9.12. The minimum atomic E-state index is -3.15. The summed E-state index contributed by atoms with van der Waals surface area (Å²) in [4.78, 5) is 0. The van der Waals surface area contributed by atoms with Gasteiger partial charge < -0.3 is 17.7 Å². The fourth-order valence-electron chi connectivity index (χ4n) is 3.78. The molecule has 0 aromatic rings. The van der Waals surface area contributed by atoms with Gasteiger partial charge in [-0.2, -0.15) is 0 Å². The first-order chi connectivity index (χ1) is 15.0. The molecule has 0 amide bonds. The van der Waals surface area contributed by atoms with Crippen molar-refractivity contribution in [2.45, 2.75) is 126 Å². The highest BCUT2D eigenvalue weighted by atomic mass is 28.4. The third kappa shape index (κ3) is 14.7. The van der Waals surface area contributed by atoms with Crippen molar-refractivity contribution in [2.75, 3.05) is 26.4 Å². The fraction of sp³-hybridized carbons (Fsp3) is 1.00. The first kappa shape index (κ1) is 31.1. The van der Waals surface area contributed by atoms with E-state index in [0.29, 0.717) is 44.2 Å². The third-order valence-corrected chi connectivity index (χ3v) is 8.64. The summed E-state index contributed by atoms with van der Waals surface area (Å²) in [5.41, 5.74) is 0. The minimum Gasteiger partial charge on any atom is -0.351 e. The summed E-state index contributed by atoms with van der Waals surface area (Å²) in [5.74, 6) is 1.64. The number of rotatable bonds is 23. The van der Waals surface area contributed by atoms with E-state index in [1.54, 1.807) is 0 Å². The van der Waals surface area contributed by atoms with Crippen molar-refractivity contribution >= 4 is 9.05 Å². The Morgan fingerprint density at radius 1 is 0.484 bits per heavy atom. The standard InChI is InChI=1S/C26H56O4Si/c1-8-15-18-24(11-4)21-28-31(27-14-7,29-22-25(12-5)19-16-9-2)30-23-26(13-6)20-17-10-3/h24-26H,8-23H2,1-7H3. The summed E-state index contributed by atoms with van der Waals surface area (Å²) in [5, 5.41) is 0. The maximum absolute atomic E-state index is 6.49. The molecule has 31 heavy (non-hydrogen) atoms. The van der Waals surface area contributed by atoms with Gasteiger partial charge in [-0.1, -0.05) is 99.3 Å². The molecule has 3 unspecified atom stereocenters. The molecule has 0 aliphatic rings. The van der Waals surface area contributed by atoms with Crippen LogP contribution in [0.3, 0.4) is 0 Å². The van der Waals surface area contributed by atoms with Crippen LogP contribution in [0.4, 0.5) is 0 Å². The average Bonchev–Trinajstić information content (AvgIpc) is 2.79. The predicted molar refractivity (Wildman–Crippen MR) is 135 cm³/mol. The Kier molecular flexibility index (Phi) is 20.7. The zero-order chi connectivity index (χ0) is 23.4. The van der Waals surface area contributed by atoms with E-state index in [4.69, 9.17) is 17.7 Å². The van der Waals surface area contributed by atoms with Gasteiger partial charge in [0.2, 0.25) is 0 Å². The van der Waals surface area contributed by atoms with Crippen LogP contribution in [0.2, 0.25) is 0 Å². The van der Waals surface area contributed by atoms with Gasteiger partial charge in [0.15, 0.2) is 0 Å². The quantitative estimate of drug-likeness (QED) is 0.144. The van der Waals surface area contributed by atoms with Crippen molar-refractivity contribution in [2.24, 2.45) is 17.8 Å². The van der Waals surface area contributed by atoms with E-state index >= 15 is 0 Å². The summed E-state index contributed by atoms with van der Waals surface area (Å²) in [6, 6.07) is 0. The molecule has 0 N–H and O–H groups in total. The number of hydrogen-bond donors (Lipinski definition) is 0. The minimum absolute atomic E-state index is 0.545. The van der Waals surface area contributed by atoms with Gasteiger partial charge in [0.25, 0.3) is 0 Å². The molecule has 0 rings (SSSR count). The molecular weight excluding hydrogens is 404 g/mol. The molecule has 0 radical (unpaired) electrons. The zero-order valence-electron chi connectivity index (χ0n) is 22.2. The van der Waals surface area contributed by atoms with Crippen LogP contribution in [0.1, 0.15) is 126 Å². The van der Waals surface area contributed by atoms with Crippen LogP contribution < -0.4 is 0 Å². The summed E-state index contributed by atoms with van der Waals surface area (Å²) in [6.45, 7) is 18.1. The van der Waals surface area contributed by atoms with Crippen molar-refractivity contribution < 1.29 is 17.7 Å². The largest absolute Gasteiger partial charge is 0.679 e. The van der Waals surface area contributed by atoms with Crippen LogP contribution in [0.5, 0.6) is 0 Å². The van der Waals surface area contributed by atoms with Gasteiger partial charge in [-0.05, 0) is 43.9 Å². The van der Waals surface area contributed by atoms with E-state index in [1.165, 1.54) is 57.8 Å². The maximum atomic E-state index is 6.49. The molecule has 4 nitrogen and oxygen atoms in total. The molecule has 0 aliphatic carbocycles. The van der Waals surface area contributed by atoms with Crippen molar-refractivity contribution in [3.05, 3.63) is 0 Å². The fourth-order valence-corrected chi connectivity index (χ4v) is 5.95. The SMILES string of the molecule is CCCCC(CC)CO[Si](OCC)(OCC(CC)CCCC)OCC(CC)CCCC. The summed E-state index contributed by atoms with van der Waals surface area (Å²) >= 11 is 0. The molecule has 3 atom stereocenters. The van der Waals surface area contributed by atoms with Crippen LogP contribution in [0.15, 0.2) is 0 Å². The molecule has 0 aromatic heterocycles. The van der Waals surface area contributed by atoms with Gasteiger partial charge in [0, 0.05) is 26.4 Å². The first-order valence-corrected chi connectivity index (χ1v) is 15.2. The Morgan fingerprint density at radius 2 is 0.806 bits per heavy atom. The maximum Gasteiger partial charge on any atom is 0.679 e. The van der Waals surface area contributed by atoms with Gasteiger partial charge in [-0.15, -0.1) is 0 Å². The smallest absolute Gasteiger partial charge is 0.351 e. The second-order valence-corrected chi connectivity index (χ2v) is 11.3. The Bertz CT molecular complexity index is 330. The van der Waals surface area contributed by atoms with Crippen LogP contribution in [-0.4, -0.2) is 35.5 Å². The van der Waals surface area contributed by atoms with Gasteiger partial charge in [0.1, 0.15) is 0 Å². The number of hydrogen-bond acceptors (Lipinski definition) is 4. The molecule has 5 heteroatoms. The highest BCUT2D eigenvalue weighted by molar-refractivity contribution is 6.53. The van der Waals surface area contributed by atoms with E-state index in [0.717, 1.165) is 19.3 Å². The molecule has 0 spiro atoms. The molecule has 0 aromatic carbocycles. The van der Waals surface area contributed by atoms with E-state index in [9.17, 15) is 0 Å². The molecular formula is C26H56O4Si. The lowest BCUT2D eigenvalue weighted by molar-refractivity contribution is -0.0532. The van der Waals surface area contributed by atoms with Crippen molar-refractivity contribution in [1.82, 2.24) is 0 Å². The molecule has 0 saturated heterocycles. The van der Waals surface area contributed by atoms with E-state index in [1.807, 2.05) is 6.92 Å². The van der Waals surface area contributed by atoms with E-state index < -0.39 is 9.05 Å². The summed E-state index contributed by atoms with van der Waals surface area (Å²) < 4.78 is 25.7. The Labute approximate surface area is 196 Å².